The van der Waals surface area contributed by atoms with Gasteiger partial charge in [0.2, 0.25) is 0 Å². The van der Waals surface area contributed by atoms with Gasteiger partial charge in [-0.15, -0.1) is 0 Å². The Labute approximate surface area is 178 Å². The van der Waals surface area contributed by atoms with Crippen molar-refractivity contribution in [3.05, 3.63) is 71.9 Å². The summed E-state index contributed by atoms with van der Waals surface area (Å²) in [4.78, 5) is 7.01. The number of aromatic nitrogens is 1. The van der Waals surface area contributed by atoms with Crippen LogP contribution in [0, 0.1) is 11.8 Å². The molecule has 4 heterocycles. The van der Waals surface area contributed by atoms with Crippen LogP contribution in [-0.2, 0) is 6.42 Å². The molecule has 4 nitrogen and oxygen atoms in total. The van der Waals surface area contributed by atoms with Crippen molar-refractivity contribution in [3.63, 3.8) is 0 Å². The molecule has 2 bridgehead atoms. The minimum Gasteiger partial charge on any atom is -0.497 e. The zero-order chi connectivity index (χ0) is 20.5. The molecule has 3 saturated heterocycles. The third kappa shape index (κ3) is 3.70. The molecule has 4 heteroatoms. The number of methoxy groups -OCH3 is 1. The minimum absolute atomic E-state index is 0.188. The maximum absolute atomic E-state index is 11.4. The lowest BCUT2D eigenvalue weighted by molar-refractivity contribution is -0.0572. The first kappa shape index (κ1) is 19.5. The molecule has 1 unspecified atom stereocenters. The lowest BCUT2D eigenvalue weighted by Gasteiger charge is -2.51. The maximum Gasteiger partial charge on any atom is 0.119 e. The first-order chi connectivity index (χ1) is 14.7. The van der Waals surface area contributed by atoms with Crippen molar-refractivity contribution in [1.82, 2.24) is 9.88 Å². The Morgan fingerprint density at radius 3 is 2.80 bits per heavy atom. The van der Waals surface area contributed by atoms with Crippen molar-refractivity contribution in [2.45, 2.75) is 37.8 Å². The number of piperidine rings is 3. The fourth-order valence-corrected chi connectivity index (χ4v) is 5.57. The minimum atomic E-state index is -0.500. The normalized spacial score (nSPS) is 26.6. The van der Waals surface area contributed by atoms with Crippen LogP contribution in [-0.4, -0.2) is 41.2 Å². The molecule has 0 radical (unpaired) electrons. The molecule has 5 atom stereocenters. The molecule has 156 valence electrons. The van der Waals surface area contributed by atoms with Gasteiger partial charge in [0.25, 0.3) is 0 Å². The van der Waals surface area contributed by atoms with Crippen molar-refractivity contribution in [2.24, 2.45) is 11.8 Å². The van der Waals surface area contributed by atoms with Crippen molar-refractivity contribution in [3.8, 4) is 5.75 Å². The Balaban J connectivity index is 1.32. The maximum atomic E-state index is 11.4. The molecule has 3 aromatic rings. The van der Waals surface area contributed by atoms with E-state index in [1.54, 1.807) is 7.11 Å². The van der Waals surface area contributed by atoms with Crippen LogP contribution in [0.2, 0.25) is 0 Å². The number of fused-ring (bicyclic) bond motifs is 4. The number of ether oxygens (including phenoxy) is 1. The number of benzene rings is 2. The molecule has 30 heavy (non-hydrogen) atoms. The Kier molecular flexibility index (Phi) is 5.45. The van der Waals surface area contributed by atoms with Crippen LogP contribution in [0.3, 0.4) is 0 Å². The highest BCUT2D eigenvalue weighted by atomic mass is 16.5. The van der Waals surface area contributed by atoms with Crippen molar-refractivity contribution >= 4 is 10.9 Å². The molecule has 0 saturated carbocycles. The smallest absolute Gasteiger partial charge is 0.119 e. The molecule has 3 fully saturated rings. The van der Waals surface area contributed by atoms with Crippen LogP contribution in [0.15, 0.2) is 60.8 Å². The van der Waals surface area contributed by atoms with E-state index >= 15 is 0 Å². The molecule has 0 spiro atoms. The average Bonchev–Trinajstić information content (AvgIpc) is 2.82. The van der Waals surface area contributed by atoms with E-state index in [2.05, 4.69) is 40.2 Å². The van der Waals surface area contributed by atoms with Crippen molar-refractivity contribution in [1.29, 1.82) is 0 Å². The van der Waals surface area contributed by atoms with E-state index in [4.69, 9.17) is 4.74 Å². The van der Waals surface area contributed by atoms with Gasteiger partial charge in [0.15, 0.2) is 0 Å². The van der Waals surface area contributed by atoms with Crippen LogP contribution in [0.1, 0.15) is 36.5 Å². The number of aliphatic hydroxyl groups excluding tert-OH is 1. The zero-order valence-electron chi connectivity index (χ0n) is 17.6. The molecule has 2 aromatic carbocycles. The van der Waals surface area contributed by atoms with E-state index in [0.29, 0.717) is 5.92 Å². The predicted molar refractivity (Wildman–Crippen MR) is 120 cm³/mol. The molecule has 1 aromatic heterocycles. The topological polar surface area (TPSA) is 45.6 Å². The van der Waals surface area contributed by atoms with Crippen LogP contribution in [0.5, 0.6) is 5.75 Å². The van der Waals surface area contributed by atoms with Crippen LogP contribution < -0.4 is 4.74 Å². The second kappa shape index (κ2) is 8.37. The zero-order valence-corrected chi connectivity index (χ0v) is 17.6. The van der Waals surface area contributed by atoms with E-state index in [9.17, 15) is 5.11 Å². The van der Waals surface area contributed by atoms with Gasteiger partial charge in [0, 0.05) is 24.2 Å². The molecule has 3 aliphatic heterocycles. The van der Waals surface area contributed by atoms with Crippen molar-refractivity contribution < 1.29 is 9.84 Å². The third-order valence-electron chi connectivity index (χ3n) is 7.25. The molecular weight excluding hydrogens is 372 g/mol. The van der Waals surface area contributed by atoms with Crippen LogP contribution >= 0.6 is 0 Å². The Morgan fingerprint density at radius 1 is 1.17 bits per heavy atom. The van der Waals surface area contributed by atoms with Gasteiger partial charge >= 0.3 is 0 Å². The molecular formula is C26H30N2O2. The summed E-state index contributed by atoms with van der Waals surface area (Å²) in [7, 11) is 1.68. The Bertz CT molecular complexity index is 1010. The highest BCUT2D eigenvalue weighted by molar-refractivity contribution is 5.83. The second-order valence-electron chi connectivity index (χ2n) is 8.86. The largest absolute Gasteiger partial charge is 0.497 e. The number of aliphatic hydroxyl groups is 1. The van der Waals surface area contributed by atoms with Gasteiger partial charge in [-0.25, -0.2) is 0 Å². The standard InChI is InChI=1S/C26H30N2O2/c1-30-21-9-10-24-23(16-21)22(11-13-27-24)26(29)25-15-19-12-14-28(25)17-20(19)8-7-18-5-3-2-4-6-18/h2-6,9-11,13,16,19-20,25-26,29H,7-8,12,14-15,17H2,1H3/t19-,20-,25-,26+/m0/s1. The van der Waals surface area contributed by atoms with E-state index in [1.807, 2.05) is 30.5 Å². The highest BCUT2D eigenvalue weighted by Crippen LogP contribution is 2.43. The molecule has 0 aliphatic carbocycles. The van der Waals surface area contributed by atoms with Gasteiger partial charge in [-0.2, -0.15) is 0 Å². The summed E-state index contributed by atoms with van der Waals surface area (Å²) in [6, 6.07) is 18.9. The average molecular weight is 403 g/mol. The number of hydrogen-bond donors (Lipinski definition) is 1. The fourth-order valence-electron chi connectivity index (χ4n) is 5.57. The van der Waals surface area contributed by atoms with E-state index in [0.717, 1.165) is 54.1 Å². The van der Waals surface area contributed by atoms with E-state index < -0.39 is 6.10 Å². The summed E-state index contributed by atoms with van der Waals surface area (Å²) in [6.45, 7) is 2.20. The molecule has 0 amide bonds. The Morgan fingerprint density at radius 2 is 2.03 bits per heavy atom. The number of hydrogen-bond acceptors (Lipinski definition) is 4. The monoisotopic (exact) mass is 402 g/mol. The number of pyridine rings is 1. The van der Waals surface area contributed by atoms with Gasteiger partial charge < -0.3 is 9.84 Å². The highest BCUT2D eigenvalue weighted by Gasteiger charge is 2.43. The SMILES string of the molecule is COc1ccc2nccc([C@@H](O)[C@@H]3C[C@@H]4CCN3C[C@@H]4CCc3ccccc3)c2c1. The lowest BCUT2D eigenvalue weighted by atomic mass is 9.71. The predicted octanol–water partition coefficient (Wildman–Crippen LogP) is 4.62. The first-order valence-electron chi connectivity index (χ1n) is 11.1. The molecule has 1 N–H and O–H groups in total. The molecule has 6 rings (SSSR count). The second-order valence-corrected chi connectivity index (χ2v) is 8.86. The number of aryl methyl sites for hydroxylation is 1. The lowest BCUT2D eigenvalue weighted by Crippen LogP contribution is -2.55. The van der Waals surface area contributed by atoms with E-state index in [-0.39, 0.29) is 6.04 Å². The first-order valence-corrected chi connectivity index (χ1v) is 11.1. The van der Waals surface area contributed by atoms with Gasteiger partial charge in [-0.1, -0.05) is 30.3 Å². The summed E-state index contributed by atoms with van der Waals surface area (Å²) < 4.78 is 5.41. The Hall–Kier alpha value is -2.43. The summed E-state index contributed by atoms with van der Waals surface area (Å²) in [6.07, 6.45) is 6.04. The van der Waals surface area contributed by atoms with Gasteiger partial charge in [0.05, 0.1) is 18.7 Å². The van der Waals surface area contributed by atoms with Crippen molar-refractivity contribution in [2.75, 3.05) is 20.2 Å². The summed E-state index contributed by atoms with van der Waals surface area (Å²) in [5.74, 6) is 2.24. The van der Waals surface area contributed by atoms with Gasteiger partial charge in [-0.3, -0.25) is 9.88 Å². The number of nitrogens with zero attached hydrogens (tertiary/aromatic N) is 2. The number of rotatable bonds is 6. The van der Waals surface area contributed by atoms with Crippen LogP contribution in [0.4, 0.5) is 0 Å². The molecule has 3 aliphatic rings. The summed E-state index contributed by atoms with van der Waals surface area (Å²) in [5.41, 5.74) is 3.31. The fraction of sp³-hybridized carbons (Fsp3) is 0.423. The summed E-state index contributed by atoms with van der Waals surface area (Å²) >= 11 is 0. The van der Waals surface area contributed by atoms with E-state index in [1.165, 1.54) is 18.4 Å². The summed E-state index contributed by atoms with van der Waals surface area (Å²) in [5, 5.41) is 12.4. The van der Waals surface area contributed by atoms with Gasteiger partial charge in [0.1, 0.15) is 5.75 Å². The van der Waals surface area contributed by atoms with Gasteiger partial charge in [-0.05, 0) is 79.5 Å². The quantitative estimate of drug-likeness (QED) is 0.653. The third-order valence-corrected chi connectivity index (χ3v) is 7.25. The van der Waals surface area contributed by atoms with Crippen LogP contribution in [0.25, 0.3) is 10.9 Å².